The van der Waals surface area contributed by atoms with Gasteiger partial charge in [-0.3, -0.25) is 0 Å². The first kappa shape index (κ1) is 12.5. The molecule has 0 aliphatic carbocycles. The van der Waals surface area contributed by atoms with Crippen LogP contribution in [0.15, 0.2) is 0 Å². The van der Waals surface area contributed by atoms with Crippen molar-refractivity contribution in [2.24, 2.45) is 0 Å². The lowest BCUT2D eigenvalue weighted by Gasteiger charge is -2.18. The largest absolute Gasteiger partial charge is 0.373 e. The Kier molecular flexibility index (Phi) is 6.66. The molecule has 0 aromatic heterocycles. The van der Waals surface area contributed by atoms with Gasteiger partial charge < -0.3 is 9.47 Å². The molecule has 0 aliphatic heterocycles. The highest BCUT2D eigenvalue weighted by atomic mass is 16.5. The van der Waals surface area contributed by atoms with Crippen molar-refractivity contribution >= 4 is 0 Å². The van der Waals surface area contributed by atoms with Crippen molar-refractivity contribution < 1.29 is 9.47 Å². The molecule has 0 saturated carbocycles. The summed E-state index contributed by atoms with van der Waals surface area (Å²) in [4.78, 5) is 0. The van der Waals surface area contributed by atoms with Gasteiger partial charge in [-0.1, -0.05) is 12.8 Å². The molecule has 0 atom stereocenters. The Balaban J connectivity index is 3.18. The zero-order valence-corrected chi connectivity index (χ0v) is 9.14. The average molecular weight is 184 g/mol. The van der Waals surface area contributed by atoms with Gasteiger partial charge in [0, 0.05) is 6.42 Å². The third-order valence-corrected chi connectivity index (χ3v) is 1.24. The second-order valence-corrected chi connectivity index (χ2v) is 3.72. The standard InChI is InChI=1S/C11H20O2/c1-5-6-7-8-12-9-10-13-11(2,3)4/h5,8-10H2,1-4H3. The first-order chi connectivity index (χ1) is 6.06. The Bertz CT molecular complexity index is 169. The first-order valence-electron chi connectivity index (χ1n) is 4.73. The number of hydrogen-bond donors (Lipinski definition) is 0. The lowest BCUT2D eigenvalue weighted by Crippen LogP contribution is -2.21. The lowest BCUT2D eigenvalue weighted by molar-refractivity contribution is -0.0307. The highest BCUT2D eigenvalue weighted by Crippen LogP contribution is 2.05. The van der Waals surface area contributed by atoms with E-state index >= 15 is 0 Å². The maximum atomic E-state index is 5.46. The van der Waals surface area contributed by atoms with Crippen LogP contribution in [0, 0.1) is 11.8 Å². The molecule has 0 bridgehead atoms. The van der Waals surface area contributed by atoms with E-state index in [-0.39, 0.29) is 5.60 Å². The van der Waals surface area contributed by atoms with Crippen molar-refractivity contribution in [2.75, 3.05) is 19.8 Å². The van der Waals surface area contributed by atoms with E-state index in [0.29, 0.717) is 19.8 Å². The Hall–Kier alpha value is -0.520. The van der Waals surface area contributed by atoms with Crippen LogP contribution in [0.2, 0.25) is 0 Å². The van der Waals surface area contributed by atoms with Gasteiger partial charge in [-0.2, -0.15) is 0 Å². The molecule has 0 aromatic carbocycles. The second-order valence-electron chi connectivity index (χ2n) is 3.72. The highest BCUT2D eigenvalue weighted by molar-refractivity contribution is 4.97. The minimum absolute atomic E-state index is 0.0710. The van der Waals surface area contributed by atoms with Gasteiger partial charge >= 0.3 is 0 Å². The molecule has 2 heteroatoms. The fraction of sp³-hybridized carbons (Fsp3) is 0.818. The maximum Gasteiger partial charge on any atom is 0.107 e. The van der Waals surface area contributed by atoms with E-state index in [0.717, 1.165) is 6.42 Å². The third kappa shape index (κ3) is 11.5. The van der Waals surface area contributed by atoms with E-state index in [1.165, 1.54) is 0 Å². The minimum Gasteiger partial charge on any atom is -0.373 e. The molecule has 0 heterocycles. The highest BCUT2D eigenvalue weighted by Gasteiger charge is 2.08. The van der Waals surface area contributed by atoms with Gasteiger partial charge in [0.1, 0.15) is 6.61 Å². The molecule has 0 saturated heterocycles. The summed E-state index contributed by atoms with van der Waals surface area (Å²) in [5.41, 5.74) is -0.0710. The van der Waals surface area contributed by atoms with Crippen LogP contribution in [0.3, 0.4) is 0 Å². The molecule has 0 radical (unpaired) electrons. The summed E-state index contributed by atoms with van der Waals surface area (Å²) >= 11 is 0. The van der Waals surface area contributed by atoms with Crippen molar-refractivity contribution in [1.82, 2.24) is 0 Å². The normalized spacial score (nSPS) is 10.8. The molecule has 76 valence electrons. The summed E-state index contributed by atoms with van der Waals surface area (Å²) in [5.74, 6) is 5.84. The molecule has 0 unspecified atom stereocenters. The van der Waals surface area contributed by atoms with Gasteiger partial charge in [0.25, 0.3) is 0 Å². The molecular formula is C11H20O2. The van der Waals surface area contributed by atoms with Crippen molar-refractivity contribution in [1.29, 1.82) is 0 Å². The van der Waals surface area contributed by atoms with Crippen LogP contribution < -0.4 is 0 Å². The fourth-order valence-corrected chi connectivity index (χ4v) is 0.706. The van der Waals surface area contributed by atoms with Crippen LogP contribution in [-0.2, 0) is 9.47 Å². The maximum absolute atomic E-state index is 5.46. The number of ether oxygens (including phenoxy) is 2. The Labute approximate surface area is 81.6 Å². The topological polar surface area (TPSA) is 18.5 Å². The second kappa shape index (κ2) is 6.94. The average Bonchev–Trinajstić information content (AvgIpc) is 2.01. The predicted molar refractivity (Wildman–Crippen MR) is 54.6 cm³/mol. The van der Waals surface area contributed by atoms with E-state index in [2.05, 4.69) is 11.8 Å². The summed E-state index contributed by atoms with van der Waals surface area (Å²) < 4.78 is 10.7. The fourth-order valence-electron chi connectivity index (χ4n) is 0.706. The molecule has 0 amide bonds. The Morgan fingerprint density at radius 1 is 1.08 bits per heavy atom. The summed E-state index contributed by atoms with van der Waals surface area (Å²) in [6.07, 6.45) is 0.891. The molecular weight excluding hydrogens is 164 g/mol. The van der Waals surface area contributed by atoms with Gasteiger partial charge in [-0.25, -0.2) is 0 Å². The zero-order chi connectivity index (χ0) is 10.2. The van der Waals surface area contributed by atoms with Crippen molar-refractivity contribution in [3.8, 4) is 11.8 Å². The number of rotatable bonds is 4. The molecule has 13 heavy (non-hydrogen) atoms. The van der Waals surface area contributed by atoms with Crippen LogP contribution in [0.5, 0.6) is 0 Å². The molecule has 2 nitrogen and oxygen atoms in total. The quantitative estimate of drug-likeness (QED) is 0.493. The van der Waals surface area contributed by atoms with Crippen LogP contribution in [0.25, 0.3) is 0 Å². The summed E-state index contributed by atoms with van der Waals surface area (Å²) in [6, 6.07) is 0. The van der Waals surface area contributed by atoms with Gasteiger partial charge in [-0.15, -0.1) is 5.92 Å². The molecule has 0 aliphatic rings. The van der Waals surface area contributed by atoms with Crippen LogP contribution >= 0.6 is 0 Å². The van der Waals surface area contributed by atoms with Crippen molar-refractivity contribution in [3.63, 3.8) is 0 Å². The van der Waals surface area contributed by atoms with Gasteiger partial charge in [0.15, 0.2) is 0 Å². The molecule has 0 aromatic rings. The monoisotopic (exact) mass is 184 g/mol. The van der Waals surface area contributed by atoms with Gasteiger partial charge in [0.2, 0.25) is 0 Å². The summed E-state index contributed by atoms with van der Waals surface area (Å²) in [7, 11) is 0. The smallest absolute Gasteiger partial charge is 0.107 e. The van der Waals surface area contributed by atoms with Gasteiger partial charge in [0.05, 0.1) is 18.8 Å². The number of hydrogen-bond acceptors (Lipinski definition) is 2. The lowest BCUT2D eigenvalue weighted by atomic mass is 10.2. The van der Waals surface area contributed by atoms with Crippen molar-refractivity contribution in [2.45, 2.75) is 39.7 Å². The SMILES string of the molecule is CCC#CCOCCOC(C)(C)C. The summed E-state index contributed by atoms with van der Waals surface area (Å²) in [5, 5.41) is 0. The third-order valence-electron chi connectivity index (χ3n) is 1.24. The van der Waals surface area contributed by atoms with Crippen LogP contribution in [0.4, 0.5) is 0 Å². The first-order valence-corrected chi connectivity index (χ1v) is 4.73. The molecule has 0 spiro atoms. The van der Waals surface area contributed by atoms with Crippen molar-refractivity contribution in [3.05, 3.63) is 0 Å². The van der Waals surface area contributed by atoms with E-state index in [9.17, 15) is 0 Å². The zero-order valence-electron chi connectivity index (χ0n) is 9.14. The Morgan fingerprint density at radius 3 is 2.31 bits per heavy atom. The molecule has 0 N–H and O–H groups in total. The van der Waals surface area contributed by atoms with Gasteiger partial charge in [-0.05, 0) is 20.8 Å². The molecule has 0 rings (SSSR count). The van der Waals surface area contributed by atoms with E-state index in [4.69, 9.17) is 9.47 Å². The van der Waals surface area contributed by atoms with E-state index in [1.54, 1.807) is 0 Å². The summed E-state index contributed by atoms with van der Waals surface area (Å²) in [6.45, 7) is 9.89. The minimum atomic E-state index is -0.0710. The van der Waals surface area contributed by atoms with Crippen LogP contribution in [-0.4, -0.2) is 25.4 Å². The predicted octanol–water partition coefficient (Wildman–Crippen LogP) is 2.23. The van der Waals surface area contributed by atoms with E-state index < -0.39 is 0 Å². The Morgan fingerprint density at radius 2 is 1.77 bits per heavy atom. The van der Waals surface area contributed by atoms with E-state index in [1.807, 2.05) is 27.7 Å². The van der Waals surface area contributed by atoms with Crippen LogP contribution in [0.1, 0.15) is 34.1 Å². The molecule has 0 fully saturated rings.